The number of carbonyl (C=O) groups is 1. The molecule has 0 unspecified atom stereocenters. The first-order valence-electron chi connectivity index (χ1n) is 11.4. The Morgan fingerprint density at radius 1 is 0.944 bits per heavy atom. The second-order valence-electron chi connectivity index (χ2n) is 8.31. The lowest BCUT2D eigenvalue weighted by molar-refractivity contribution is 0.0743. The average molecular weight is 561 g/mol. The minimum Gasteiger partial charge on any atom is -0.383 e. The van der Waals surface area contributed by atoms with Crippen LogP contribution in [0.25, 0.3) is 33.8 Å². The Morgan fingerprint density at radius 2 is 1.75 bits per heavy atom. The number of carbonyl (C=O) groups excluding carboxylic acids is 1. The standard InChI is InChI=1S/C25H21BrN8OS/c26-25-29-15-20(36-25)24(35)32-11-13-33(14-12-32)34-22(17-7-4-10-28-21(17)27)31-19-9-8-18(30-23(19)34)16-5-2-1-3-6-16/h1-10,15H,11-14H2,(H2,27,28). The Labute approximate surface area is 219 Å². The Morgan fingerprint density at radius 3 is 2.47 bits per heavy atom. The molecule has 0 atom stereocenters. The van der Waals surface area contributed by atoms with Crippen LogP contribution in [-0.4, -0.2) is 61.6 Å². The summed E-state index contributed by atoms with van der Waals surface area (Å²) < 4.78 is 2.73. The van der Waals surface area contributed by atoms with E-state index < -0.39 is 0 Å². The summed E-state index contributed by atoms with van der Waals surface area (Å²) in [6, 6.07) is 17.8. The SMILES string of the molecule is Nc1ncccc1-c1nc2ccc(-c3ccccc3)nc2n1N1CCN(C(=O)c2cnc(Br)s2)CC1. The van der Waals surface area contributed by atoms with Gasteiger partial charge in [0.1, 0.15) is 16.2 Å². The number of imidazole rings is 1. The molecule has 1 aliphatic heterocycles. The maximum absolute atomic E-state index is 13.0. The van der Waals surface area contributed by atoms with Crippen molar-refractivity contribution in [3.63, 3.8) is 0 Å². The average Bonchev–Trinajstić information content (AvgIpc) is 3.52. The lowest BCUT2D eigenvalue weighted by atomic mass is 10.1. The number of hydrogen-bond acceptors (Lipinski definition) is 8. The summed E-state index contributed by atoms with van der Waals surface area (Å²) in [4.78, 5) is 33.8. The Hall–Kier alpha value is -3.83. The van der Waals surface area contributed by atoms with Gasteiger partial charge in [0.15, 0.2) is 15.4 Å². The van der Waals surface area contributed by atoms with E-state index in [2.05, 4.69) is 30.9 Å². The highest BCUT2D eigenvalue weighted by Crippen LogP contribution is 2.30. The summed E-state index contributed by atoms with van der Waals surface area (Å²) in [6.45, 7) is 2.35. The van der Waals surface area contributed by atoms with Gasteiger partial charge in [0.05, 0.1) is 30.5 Å². The lowest BCUT2D eigenvalue weighted by Gasteiger charge is -2.37. The van der Waals surface area contributed by atoms with Crippen LogP contribution in [0.3, 0.4) is 0 Å². The summed E-state index contributed by atoms with van der Waals surface area (Å²) in [5, 5.41) is 2.17. The topological polar surface area (TPSA) is 106 Å². The van der Waals surface area contributed by atoms with Gasteiger partial charge in [-0.1, -0.05) is 30.3 Å². The number of nitrogen functional groups attached to an aromatic ring is 1. The molecule has 180 valence electrons. The van der Waals surface area contributed by atoms with Crippen molar-refractivity contribution in [1.82, 2.24) is 29.5 Å². The first-order valence-corrected chi connectivity index (χ1v) is 13.0. The number of nitrogens with zero attached hydrogens (tertiary/aromatic N) is 7. The number of anilines is 1. The van der Waals surface area contributed by atoms with Gasteiger partial charge in [-0.25, -0.2) is 24.6 Å². The van der Waals surface area contributed by atoms with Crippen LogP contribution in [-0.2, 0) is 0 Å². The lowest BCUT2D eigenvalue weighted by Crippen LogP contribution is -2.52. The number of fused-ring (bicyclic) bond motifs is 1. The largest absolute Gasteiger partial charge is 0.383 e. The zero-order valence-corrected chi connectivity index (χ0v) is 21.5. The molecule has 1 saturated heterocycles. The summed E-state index contributed by atoms with van der Waals surface area (Å²) in [7, 11) is 0. The van der Waals surface area contributed by atoms with E-state index in [4.69, 9.17) is 15.7 Å². The fraction of sp³-hybridized carbons (Fsp3) is 0.160. The molecule has 5 aromatic rings. The summed E-state index contributed by atoms with van der Waals surface area (Å²) in [5.41, 5.74) is 10.4. The molecule has 36 heavy (non-hydrogen) atoms. The van der Waals surface area contributed by atoms with E-state index in [1.165, 1.54) is 11.3 Å². The number of thiazole rings is 1. The van der Waals surface area contributed by atoms with Crippen LogP contribution in [0.4, 0.5) is 5.82 Å². The molecule has 4 aromatic heterocycles. The molecule has 6 rings (SSSR count). The van der Waals surface area contributed by atoms with Gasteiger partial charge in [-0.05, 0) is 40.2 Å². The molecule has 2 N–H and O–H groups in total. The molecule has 0 saturated carbocycles. The van der Waals surface area contributed by atoms with Crippen LogP contribution in [0.2, 0.25) is 0 Å². The van der Waals surface area contributed by atoms with Gasteiger partial charge in [0.2, 0.25) is 0 Å². The maximum Gasteiger partial charge on any atom is 0.265 e. The quantitative estimate of drug-likeness (QED) is 0.353. The van der Waals surface area contributed by atoms with Gasteiger partial charge >= 0.3 is 0 Å². The van der Waals surface area contributed by atoms with Crippen LogP contribution in [0, 0.1) is 0 Å². The van der Waals surface area contributed by atoms with Crippen molar-refractivity contribution in [3.8, 4) is 22.6 Å². The Bertz CT molecular complexity index is 1560. The monoisotopic (exact) mass is 560 g/mol. The van der Waals surface area contributed by atoms with Crippen molar-refractivity contribution in [2.45, 2.75) is 0 Å². The first kappa shape index (κ1) is 22.6. The fourth-order valence-electron chi connectivity index (χ4n) is 4.37. The zero-order valence-electron chi connectivity index (χ0n) is 19.1. The minimum atomic E-state index is -0.00504. The Balaban J connectivity index is 1.39. The van der Waals surface area contributed by atoms with Gasteiger partial charge < -0.3 is 15.6 Å². The molecule has 11 heteroatoms. The van der Waals surface area contributed by atoms with Gasteiger partial charge in [-0.15, -0.1) is 11.3 Å². The van der Waals surface area contributed by atoms with Crippen LogP contribution < -0.4 is 10.7 Å². The third kappa shape index (κ3) is 4.10. The van der Waals surface area contributed by atoms with Crippen molar-refractivity contribution >= 4 is 50.2 Å². The van der Waals surface area contributed by atoms with E-state index in [9.17, 15) is 4.79 Å². The van der Waals surface area contributed by atoms with Gasteiger partial charge in [0, 0.05) is 24.8 Å². The number of hydrogen-bond donors (Lipinski definition) is 1. The van der Waals surface area contributed by atoms with E-state index in [1.54, 1.807) is 12.4 Å². The molecule has 0 aliphatic carbocycles. The van der Waals surface area contributed by atoms with Crippen molar-refractivity contribution in [2.24, 2.45) is 0 Å². The molecular formula is C25H21BrN8OS. The fourth-order valence-corrected chi connectivity index (χ4v) is 5.61. The number of piperazine rings is 1. The second kappa shape index (κ2) is 9.32. The number of rotatable bonds is 4. The highest BCUT2D eigenvalue weighted by Gasteiger charge is 2.27. The molecule has 0 spiro atoms. The molecule has 1 fully saturated rings. The number of aromatic nitrogens is 5. The highest BCUT2D eigenvalue weighted by molar-refractivity contribution is 9.11. The van der Waals surface area contributed by atoms with E-state index in [-0.39, 0.29) is 5.91 Å². The van der Waals surface area contributed by atoms with E-state index in [1.807, 2.05) is 64.2 Å². The molecule has 1 amide bonds. The number of amides is 1. The summed E-state index contributed by atoms with van der Waals surface area (Å²) in [6.07, 6.45) is 3.28. The zero-order chi connectivity index (χ0) is 24.6. The first-order chi connectivity index (χ1) is 17.6. The van der Waals surface area contributed by atoms with Gasteiger partial charge in [-0.2, -0.15) is 0 Å². The number of benzene rings is 1. The van der Waals surface area contributed by atoms with Crippen molar-refractivity contribution in [2.75, 3.05) is 36.9 Å². The molecular weight excluding hydrogens is 540 g/mol. The number of nitrogens with two attached hydrogens (primary N) is 1. The normalized spacial score (nSPS) is 13.9. The molecule has 0 bridgehead atoms. The van der Waals surface area contributed by atoms with E-state index in [0.717, 1.165) is 28.0 Å². The van der Waals surface area contributed by atoms with Crippen molar-refractivity contribution in [1.29, 1.82) is 0 Å². The third-order valence-electron chi connectivity index (χ3n) is 6.15. The molecule has 5 heterocycles. The van der Waals surface area contributed by atoms with Crippen molar-refractivity contribution in [3.05, 3.63) is 75.8 Å². The smallest absolute Gasteiger partial charge is 0.265 e. The van der Waals surface area contributed by atoms with Gasteiger partial charge in [-0.3, -0.25) is 4.79 Å². The number of pyridine rings is 2. The predicted octanol–water partition coefficient (Wildman–Crippen LogP) is 4.06. The predicted molar refractivity (Wildman–Crippen MR) is 144 cm³/mol. The van der Waals surface area contributed by atoms with Crippen LogP contribution in [0.5, 0.6) is 0 Å². The van der Waals surface area contributed by atoms with Crippen LogP contribution >= 0.6 is 27.3 Å². The highest BCUT2D eigenvalue weighted by atomic mass is 79.9. The van der Waals surface area contributed by atoms with Crippen molar-refractivity contribution < 1.29 is 4.79 Å². The van der Waals surface area contributed by atoms with Gasteiger partial charge in [0.25, 0.3) is 5.91 Å². The molecule has 9 nitrogen and oxygen atoms in total. The number of halogens is 1. The van der Waals surface area contributed by atoms with Crippen LogP contribution in [0.1, 0.15) is 9.67 Å². The van der Waals surface area contributed by atoms with E-state index >= 15 is 0 Å². The maximum atomic E-state index is 13.0. The molecule has 1 aliphatic rings. The minimum absolute atomic E-state index is 0.00504. The molecule has 0 radical (unpaired) electrons. The summed E-state index contributed by atoms with van der Waals surface area (Å²) >= 11 is 4.68. The second-order valence-corrected chi connectivity index (χ2v) is 10.6. The summed E-state index contributed by atoms with van der Waals surface area (Å²) in [5.74, 6) is 1.08. The Kier molecular flexibility index (Phi) is 5.86. The molecule has 1 aromatic carbocycles. The van der Waals surface area contributed by atoms with Crippen LogP contribution in [0.15, 0.2) is 70.9 Å². The third-order valence-corrected chi connectivity index (χ3v) is 7.61. The van der Waals surface area contributed by atoms with E-state index in [0.29, 0.717) is 46.6 Å².